The molecule has 0 unspecified atom stereocenters. The van der Waals surface area contributed by atoms with Crippen molar-refractivity contribution in [3.05, 3.63) is 77.1 Å². The van der Waals surface area contributed by atoms with Crippen LogP contribution in [0.25, 0.3) is 0 Å². The third-order valence-electron chi connectivity index (χ3n) is 5.48. The Labute approximate surface area is 166 Å². The van der Waals surface area contributed by atoms with Crippen LogP contribution in [0.5, 0.6) is 0 Å². The Morgan fingerprint density at radius 2 is 1.54 bits per heavy atom. The topological polar surface area (TPSA) is 51.0 Å². The molecule has 2 heterocycles. The highest BCUT2D eigenvalue weighted by molar-refractivity contribution is 5.92. The van der Waals surface area contributed by atoms with Crippen molar-refractivity contribution in [3.8, 4) is 0 Å². The molecule has 4 rings (SSSR count). The van der Waals surface area contributed by atoms with Crippen LogP contribution in [-0.2, 0) is 4.79 Å². The van der Waals surface area contributed by atoms with Gasteiger partial charge in [0.25, 0.3) is 0 Å². The Bertz CT molecular complexity index is 959. The van der Waals surface area contributed by atoms with E-state index in [0.717, 1.165) is 18.4 Å². The third-order valence-corrected chi connectivity index (χ3v) is 5.48. The van der Waals surface area contributed by atoms with Gasteiger partial charge >= 0.3 is 0 Å². The number of anilines is 1. The minimum Gasteiger partial charge on any atom is -0.274 e. The zero-order valence-electron chi connectivity index (χ0n) is 16.7. The van der Waals surface area contributed by atoms with Gasteiger partial charge in [-0.2, -0.15) is 10.1 Å². The van der Waals surface area contributed by atoms with Crippen molar-refractivity contribution >= 4 is 11.9 Å². The molecule has 28 heavy (non-hydrogen) atoms. The zero-order valence-corrected chi connectivity index (χ0v) is 16.7. The molecule has 2 aromatic carbocycles. The molecule has 0 fully saturated rings. The van der Waals surface area contributed by atoms with Gasteiger partial charge in [0.2, 0.25) is 11.9 Å². The summed E-state index contributed by atoms with van der Waals surface area (Å²) in [5, 5.41) is 4.48. The van der Waals surface area contributed by atoms with Crippen molar-refractivity contribution in [1.82, 2.24) is 14.8 Å². The maximum atomic E-state index is 13.0. The average molecular weight is 374 g/mol. The molecule has 3 aromatic rings. The van der Waals surface area contributed by atoms with E-state index in [1.165, 1.54) is 16.7 Å². The van der Waals surface area contributed by atoms with Gasteiger partial charge in [-0.1, -0.05) is 66.6 Å². The maximum absolute atomic E-state index is 13.0. The van der Waals surface area contributed by atoms with E-state index in [1.807, 2.05) is 16.5 Å². The molecule has 1 aliphatic heterocycles. The number of carbonyl (C=O) groups excluding carboxylic acids is 1. The van der Waals surface area contributed by atoms with E-state index in [1.54, 1.807) is 6.33 Å². The molecule has 0 N–H and O–H groups in total. The van der Waals surface area contributed by atoms with E-state index in [4.69, 9.17) is 0 Å². The van der Waals surface area contributed by atoms with Gasteiger partial charge in [-0.05, 0) is 37.8 Å². The summed E-state index contributed by atoms with van der Waals surface area (Å²) < 4.78 is 1.91. The molecule has 1 aromatic heterocycles. The minimum atomic E-state index is -0.0531. The normalized spacial score (nSPS) is 18.8. The highest BCUT2D eigenvalue weighted by Gasteiger charge is 2.38. The Morgan fingerprint density at radius 1 is 0.964 bits per heavy atom. The van der Waals surface area contributed by atoms with Crippen LogP contribution < -0.4 is 4.90 Å². The van der Waals surface area contributed by atoms with Gasteiger partial charge < -0.3 is 0 Å². The van der Waals surface area contributed by atoms with Gasteiger partial charge in [-0.3, -0.25) is 9.69 Å². The summed E-state index contributed by atoms with van der Waals surface area (Å²) in [7, 11) is 0. The smallest absolute Gasteiger partial charge is 0.231 e. The van der Waals surface area contributed by atoms with Crippen LogP contribution in [0, 0.1) is 13.8 Å². The molecule has 5 heteroatoms. The van der Waals surface area contributed by atoms with Crippen LogP contribution in [0.4, 0.5) is 5.95 Å². The first kappa shape index (κ1) is 18.4. The van der Waals surface area contributed by atoms with Crippen LogP contribution in [0.3, 0.4) is 0 Å². The van der Waals surface area contributed by atoms with E-state index in [2.05, 4.69) is 72.5 Å². The Balaban J connectivity index is 1.81. The summed E-state index contributed by atoms with van der Waals surface area (Å²) in [6.07, 6.45) is 3.65. The highest BCUT2D eigenvalue weighted by Crippen LogP contribution is 2.42. The second-order valence-electron chi connectivity index (χ2n) is 7.61. The van der Waals surface area contributed by atoms with Gasteiger partial charge in [0.05, 0.1) is 12.1 Å². The van der Waals surface area contributed by atoms with Crippen molar-refractivity contribution in [3.63, 3.8) is 0 Å². The number of benzene rings is 2. The lowest BCUT2D eigenvalue weighted by Crippen LogP contribution is -2.42. The fourth-order valence-corrected chi connectivity index (χ4v) is 3.95. The van der Waals surface area contributed by atoms with E-state index in [9.17, 15) is 4.79 Å². The number of rotatable bonds is 4. The van der Waals surface area contributed by atoms with Crippen molar-refractivity contribution in [1.29, 1.82) is 0 Å². The SMILES string of the molecule is CCCC(=O)N1c2ncnn2[C@@H](c2ccc(C)cc2)C[C@H]1c1ccc(C)cc1. The summed E-state index contributed by atoms with van der Waals surface area (Å²) in [4.78, 5) is 19.4. The van der Waals surface area contributed by atoms with Gasteiger partial charge in [-0.25, -0.2) is 4.68 Å². The molecule has 0 bridgehead atoms. The van der Waals surface area contributed by atoms with Crippen molar-refractivity contribution < 1.29 is 4.79 Å². The molecule has 0 spiro atoms. The number of fused-ring (bicyclic) bond motifs is 1. The Hall–Kier alpha value is -2.95. The predicted molar refractivity (Wildman–Crippen MR) is 110 cm³/mol. The lowest BCUT2D eigenvalue weighted by atomic mass is 9.91. The Morgan fingerprint density at radius 3 is 2.11 bits per heavy atom. The Kier molecular flexibility index (Phi) is 4.99. The molecule has 1 aliphatic rings. The van der Waals surface area contributed by atoms with Crippen molar-refractivity contribution in [2.24, 2.45) is 0 Å². The number of carbonyl (C=O) groups is 1. The summed E-state index contributed by atoms with van der Waals surface area (Å²) in [5.41, 5.74) is 4.77. The standard InChI is InChI=1S/C23H26N4O/c1-4-5-22(28)26-20(18-10-6-16(2)7-11-18)14-21(27-23(26)24-15-25-27)19-12-8-17(3)9-13-19/h6-13,15,20-21H,4-5,14H2,1-3H3/t20-,21+/m0/s1. The highest BCUT2D eigenvalue weighted by atomic mass is 16.2. The average Bonchev–Trinajstić information content (AvgIpc) is 3.18. The predicted octanol–water partition coefficient (Wildman–Crippen LogP) is 4.76. The molecule has 2 atom stereocenters. The van der Waals surface area contributed by atoms with E-state index < -0.39 is 0 Å². The van der Waals surface area contributed by atoms with Gasteiger partial charge in [-0.15, -0.1) is 0 Å². The lowest BCUT2D eigenvalue weighted by Gasteiger charge is -2.39. The van der Waals surface area contributed by atoms with Crippen LogP contribution in [0.15, 0.2) is 54.9 Å². The van der Waals surface area contributed by atoms with E-state index in [0.29, 0.717) is 12.4 Å². The lowest BCUT2D eigenvalue weighted by molar-refractivity contribution is -0.119. The van der Waals surface area contributed by atoms with Crippen LogP contribution in [-0.4, -0.2) is 20.7 Å². The van der Waals surface area contributed by atoms with Gasteiger partial charge in [0.15, 0.2) is 0 Å². The van der Waals surface area contributed by atoms with Crippen molar-refractivity contribution in [2.45, 2.75) is 52.1 Å². The molecule has 0 aliphatic carbocycles. The van der Waals surface area contributed by atoms with Gasteiger partial charge in [0, 0.05) is 6.42 Å². The first-order valence-corrected chi connectivity index (χ1v) is 9.93. The fraction of sp³-hybridized carbons (Fsp3) is 0.348. The molecule has 1 amide bonds. The first-order valence-electron chi connectivity index (χ1n) is 9.93. The third kappa shape index (κ3) is 3.33. The second kappa shape index (κ2) is 7.58. The quantitative estimate of drug-likeness (QED) is 0.661. The number of aromatic nitrogens is 3. The number of hydrogen-bond acceptors (Lipinski definition) is 3. The van der Waals surface area contributed by atoms with Crippen LogP contribution >= 0.6 is 0 Å². The monoisotopic (exact) mass is 374 g/mol. The fourth-order valence-electron chi connectivity index (χ4n) is 3.95. The van der Waals surface area contributed by atoms with E-state index >= 15 is 0 Å². The number of nitrogens with zero attached hydrogens (tertiary/aromatic N) is 4. The van der Waals surface area contributed by atoms with E-state index in [-0.39, 0.29) is 18.0 Å². The molecule has 144 valence electrons. The first-order chi connectivity index (χ1) is 13.6. The summed E-state index contributed by atoms with van der Waals surface area (Å²) in [5.74, 6) is 0.741. The second-order valence-corrected chi connectivity index (χ2v) is 7.61. The summed E-state index contributed by atoms with van der Waals surface area (Å²) in [6, 6.07) is 17.0. The molecule has 0 radical (unpaired) electrons. The zero-order chi connectivity index (χ0) is 19.7. The number of amides is 1. The molecule has 0 saturated carbocycles. The molecule has 5 nitrogen and oxygen atoms in total. The van der Waals surface area contributed by atoms with Crippen molar-refractivity contribution in [2.75, 3.05) is 4.90 Å². The summed E-state index contributed by atoms with van der Waals surface area (Å²) in [6.45, 7) is 6.20. The maximum Gasteiger partial charge on any atom is 0.231 e. The van der Waals surface area contributed by atoms with Crippen LogP contribution in [0.1, 0.15) is 60.5 Å². The molecular formula is C23H26N4O. The largest absolute Gasteiger partial charge is 0.274 e. The minimum absolute atomic E-state index is 0.0510. The van der Waals surface area contributed by atoms with Crippen LogP contribution in [0.2, 0.25) is 0 Å². The molecular weight excluding hydrogens is 348 g/mol. The number of hydrogen-bond donors (Lipinski definition) is 0. The van der Waals surface area contributed by atoms with Gasteiger partial charge in [0.1, 0.15) is 6.33 Å². The number of aryl methyl sites for hydroxylation is 2. The molecule has 0 saturated heterocycles. The summed E-state index contributed by atoms with van der Waals surface area (Å²) >= 11 is 0.